The number of para-hydroxylation sites is 3. The van der Waals surface area contributed by atoms with Crippen LogP contribution in [0.25, 0.3) is 0 Å². The number of nitrogens with zero attached hydrogens (tertiary/aromatic N) is 1. The van der Waals surface area contributed by atoms with Crippen molar-refractivity contribution in [2.75, 3.05) is 19.7 Å². The monoisotopic (exact) mass is 368 g/mol. The number of ether oxygens (including phenoxy) is 2. The molecule has 3 rings (SSSR count). The molecular formula is C21H24N2O4. The quantitative estimate of drug-likeness (QED) is 0.849. The molecule has 0 bridgehead atoms. The van der Waals surface area contributed by atoms with Crippen molar-refractivity contribution in [3.8, 4) is 17.2 Å². The third-order valence-electron chi connectivity index (χ3n) is 4.67. The molecular weight excluding hydrogens is 344 g/mol. The molecule has 0 atom stereocenters. The molecule has 142 valence electrons. The van der Waals surface area contributed by atoms with Gasteiger partial charge in [-0.3, -0.25) is 9.59 Å². The van der Waals surface area contributed by atoms with Gasteiger partial charge in [-0.1, -0.05) is 24.3 Å². The van der Waals surface area contributed by atoms with Gasteiger partial charge in [0.15, 0.2) is 11.5 Å². The average molecular weight is 368 g/mol. The molecule has 2 N–H and O–H groups in total. The molecule has 0 spiro atoms. The molecule has 2 amide bonds. The lowest BCUT2D eigenvalue weighted by Crippen LogP contribution is -2.41. The van der Waals surface area contributed by atoms with E-state index in [1.807, 2.05) is 43.3 Å². The molecule has 1 heterocycles. The van der Waals surface area contributed by atoms with Crippen molar-refractivity contribution in [1.82, 2.24) is 4.90 Å². The summed E-state index contributed by atoms with van der Waals surface area (Å²) in [6, 6.07) is 14.5. The Morgan fingerprint density at radius 3 is 2.22 bits per heavy atom. The molecule has 2 aromatic rings. The molecule has 1 aliphatic rings. The molecule has 0 aliphatic carbocycles. The van der Waals surface area contributed by atoms with Crippen LogP contribution in [0.3, 0.4) is 0 Å². The Kier molecular flexibility index (Phi) is 5.96. The van der Waals surface area contributed by atoms with Crippen LogP contribution >= 0.6 is 0 Å². The van der Waals surface area contributed by atoms with E-state index in [-0.39, 0.29) is 17.7 Å². The molecule has 1 aliphatic heterocycles. The van der Waals surface area contributed by atoms with Gasteiger partial charge >= 0.3 is 0 Å². The van der Waals surface area contributed by atoms with E-state index in [0.717, 1.165) is 0 Å². The van der Waals surface area contributed by atoms with Gasteiger partial charge in [0, 0.05) is 19.0 Å². The van der Waals surface area contributed by atoms with E-state index < -0.39 is 0 Å². The summed E-state index contributed by atoms with van der Waals surface area (Å²) >= 11 is 0. The van der Waals surface area contributed by atoms with Crippen LogP contribution in [0.15, 0.2) is 48.5 Å². The largest absolute Gasteiger partial charge is 0.490 e. The predicted octanol–water partition coefficient (Wildman–Crippen LogP) is 3.22. The van der Waals surface area contributed by atoms with E-state index >= 15 is 0 Å². The zero-order valence-electron chi connectivity index (χ0n) is 15.4. The van der Waals surface area contributed by atoms with E-state index in [9.17, 15) is 9.59 Å². The fourth-order valence-electron chi connectivity index (χ4n) is 3.20. The molecule has 27 heavy (non-hydrogen) atoms. The number of rotatable bonds is 6. The molecule has 6 heteroatoms. The van der Waals surface area contributed by atoms with Crippen molar-refractivity contribution >= 4 is 11.8 Å². The number of benzene rings is 2. The van der Waals surface area contributed by atoms with Gasteiger partial charge in [-0.25, -0.2) is 0 Å². The van der Waals surface area contributed by atoms with Crippen molar-refractivity contribution < 1.29 is 19.1 Å². The van der Waals surface area contributed by atoms with Gasteiger partial charge in [0.2, 0.25) is 5.91 Å². The second-order valence-corrected chi connectivity index (χ2v) is 6.45. The maximum absolute atomic E-state index is 13.0. The van der Waals surface area contributed by atoms with Gasteiger partial charge in [0.1, 0.15) is 5.75 Å². The van der Waals surface area contributed by atoms with Crippen LogP contribution in [0.1, 0.15) is 30.1 Å². The summed E-state index contributed by atoms with van der Waals surface area (Å²) in [6.07, 6.45) is 1.19. The summed E-state index contributed by atoms with van der Waals surface area (Å²) in [5, 5.41) is 0. The predicted molar refractivity (Wildman–Crippen MR) is 102 cm³/mol. The van der Waals surface area contributed by atoms with E-state index in [2.05, 4.69) is 0 Å². The molecule has 1 saturated heterocycles. The molecule has 0 unspecified atom stereocenters. The van der Waals surface area contributed by atoms with Gasteiger partial charge in [0.25, 0.3) is 5.91 Å². The smallest absolute Gasteiger partial charge is 0.257 e. The van der Waals surface area contributed by atoms with E-state index in [0.29, 0.717) is 55.4 Å². The van der Waals surface area contributed by atoms with Crippen LogP contribution in [0, 0.1) is 5.92 Å². The van der Waals surface area contributed by atoms with Gasteiger partial charge in [-0.05, 0) is 44.0 Å². The van der Waals surface area contributed by atoms with Crippen molar-refractivity contribution in [3.63, 3.8) is 0 Å². The van der Waals surface area contributed by atoms with E-state index in [4.69, 9.17) is 15.2 Å². The number of carbonyl (C=O) groups excluding carboxylic acids is 2. The normalized spacial score (nSPS) is 14.6. The molecule has 2 aromatic carbocycles. The van der Waals surface area contributed by atoms with Gasteiger partial charge in [0.05, 0.1) is 12.2 Å². The maximum Gasteiger partial charge on any atom is 0.257 e. The van der Waals surface area contributed by atoms with Gasteiger partial charge in [-0.15, -0.1) is 0 Å². The van der Waals surface area contributed by atoms with E-state index in [1.54, 1.807) is 17.0 Å². The highest BCUT2D eigenvalue weighted by atomic mass is 16.5. The number of likely N-dealkylation sites (tertiary alicyclic amines) is 1. The Labute approximate surface area is 158 Å². The molecule has 0 aromatic heterocycles. The minimum atomic E-state index is -0.293. The topological polar surface area (TPSA) is 81.9 Å². The molecule has 1 fully saturated rings. The number of hydrogen-bond acceptors (Lipinski definition) is 4. The summed E-state index contributed by atoms with van der Waals surface area (Å²) in [4.78, 5) is 26.1. The Morgan fingerprint density at radius 2 is 1.59 bits per heavy atom. The SMILES string of the molecule is CCOc1ccccc1Oc1ccccc1C(=O)N1CCC(C(N)=O)CC1. The molecule has 0 radical (unpaired) electrons. The van der Waals surface area contributed by atoms with Crippen molar-refractivity contribution in [3.05, 3.63) is 54.1 Å². The Balaban J connectivity index is 1.78. The summed E-state index contributed by atoms with van der Waals surface area (Å²) in [6.45, 7) is 3.45. The summed E-state index contributed by atoms with van der Waals surface area (Å²) in [5.41, 5.74) is 5.86. The number of hydrogen-bond donors (Lipinski definition) is 1. The summed E-state index contributed by atoms with van der Waals surface area (Å²) < 4.78 is 11.6. The van der Waals surface area contributed by atoms with Crippen molar-refractivity contribution in [1.29, 1.82) is 0 Å². The zero-order chi connectivity index (χ0) is 19.2. The third-order valence-corrected chi connectivity index (χ3v) is 4.67. The fraction of sp³-hybridized carbons (Fsp3) is 0.333. The Hall–Kier alpha value is -3.02. The number of primary amides is 1. The van der Waals surface area contributed by atoms with Crippen LogP contribution in [0.2, 0.25) is 0 Å². The van der Waals surface area contributed by atoms with Crippen molar-refractivity contribution in [2.24, 2.45) is 11.7 Å². The number of piperidine rings is 1. The fourth-order valence-corrected chi connectivity index (χ4v) is 3.20. The average Bonchev–Trinajstić information content (AvgIpc) is 2.69. The highest BCUT2D eigenvalue weighted by Gasteiger charge is 2.28. The lowest BCUT2D eigenvalue weighted by molar-refractivity contribution is -0.123. The van der Waals surface area contributed by atoms with Crippen LogP contribution < -0.4 is 15.2 Å². The standard InChI is InChI=1S/C21H24N2O4/c1-2-26-18-9-5-6-10-19(18)27-17-8-4-3-7-16(17)21(25)23-13-11-15(12-14-23)20(22)24/h3-10,15H,2,11-14H2,1H3,(H2,22,24). The lowest BCUT2D eigenvalue weighted by Gasteiger charge is -2.31. The highest BCUT2D eigenvalue weighted by molar-refractivity contribution is 5.97. The first kappa shape index (κ1) is 18.8. The van der Waals surface area contributed by atoms with E-state index in [1.165, 1.54) is 0 Å². The molecule has 0 saturated carbocycles. The first-order valence-electron chi connectivity index (χ1n) is 9.17. The van der Waals surface area contributed by atoms with Gasteiger partial charge in [-0.2, -0.15) is 0 Å². The second-order valence-electron chi connectivity index (χ2n) is 6.45. The summed E-state index contributed by atoms with van der Waals surface area (Å²) in [7, 11) is 0. The minimum absolute atomic E-state index is 0.109. The molecule has 6 nitrogen and oxygen atoms in total. The van der Waals surface area contributed by atoms with Crippen molar-refractivity contribution in [2.45, 2.75) is 19.8 Å². The van der Waals surface area contributed by atoms with Crippen LogP contribution in [0.5, 0.6) is 17.2 Å². The zero-order valence-corrected chi connectivity index (χ0v) is 15.4. The van der Waals surface area contributed by atoms with Gasteiger partial charge < -0.3 is 20.1 Å². The lowest BCUT2D eigenvalue weighted by atomic mass is 9.96. The first-order chi connectivity index (χ1) is 13.1. The first-order valence-corrected chi connectivity index (χ1v) is 9.17. The highest BCUT2D eigenvalue weighted by Crippen LogP contribution is 2.33. The summed E-state index contributed by atoms with van der Waals surface area (Å²) in [5.74, 6) is 1.11. The minimum Gasteiger partial charge on any atom is -0.490 e. The van der Waals surface area contributed by atoms with Crippen LogP contribution in [-0.2, 0) is 4.79 Å². The Bertz CT molecular complexity index is 813. The van der Waals surface area contributed by atoms with Crippen LogP contribution in [0.4, 0.5) is 0 Å². The number of carbonyl (C=O) groups is 2. The maximum atomic E-state index is 13.0. The second kappa shape index (κ2) is 8.58. The number of amides is 2. The third kappa shape index (κ3) is 4.39. The number of nitrogens with two attached hydrogens (primary N) is 1. The van der Waals surface area contributed by atoms with Crippen LogP contribution in [-0.4, -0.2) is 36.4 Å². The Morgan fingerprint density at radius 1 is 1.00 bits per heavy atom.